The van der Waals surface area contributed by atoms with Gasteiger partial charge in [-0.2, -0.15) is 0 Å². The largest absolute Gasteiger partial charge is 0.219 e. The van der Waals surface area contributed by atoms with E-state index in [1.54, 1.807) is 0 Å². The minimum Gasteiger partial charge on any atom is -0.219 e. The highest BCUT2D eigenvalue weighted by Crippen LogP contribution is 2.17. The number of benzene rings is 2. The standard InChI is InChI=1S/C19H17N3/c1-14-20-15(2)22-19(21-14)18-12-10-17(11-13-18)9-8-16-6-4-3-5-7-16/h3-13H,1-2H3. The van der Waals surface area contributed by atoms with Crippen molar-refractivity contribution in [2.24, 2.45) is 0 Å². The summed E-state index contributed by atoms with van der Waals surface area (Å²) < 4.78 is 0. The van der Waals surface area contributed by atoms with E-state index in [0.29, 0.717) is 0 Å². The zero-order chi connectivity index (χ0) is 15.4. The maximum Gasteiger partial charge on any atom is 0.163 e. The smallest absolute Gasteiger partial charge is 0.163 e. The van der Waals surface area contributed by atoms with Gasteiger partial charge in [0.25, 0.3) is 0 Å². The molecule has 0 unspecified atom stereocenters. The van der Waals surface area contributed by atoms with E-state index in [9.17, 15) is 0 Å². The Hall–Kier alpha value is -2.81. The fourth-order valence-electron chi connectivity index (χ4n) is 2.24. The third-order valence-electron chi connectivity index (χ3n) is 3.30. The molecule has 0 atom stereocenters. The molecule has 22 heavy (non-hydrogen) atoms. The highest BCUT2D eigenvalue weighted by atomic mass is 15.0. The Balaban J connectivity index is 1.82. The van der Waals surface area contributed by atoms with Gasteiger partial charge < -0.3 is 0 Å². The molecular weight excluding hydrogens is 270 g/mol. The Labute approximate surface area is 130 Å². The van der Waals surface area contributed by atoms with Crippen molar-refractivity contribution in [3.63, 3.8) is 0 Å². The van der Waals surface area contributed by atoms with Crippen LogP contribution in [0.15, 0.2) is 54.6 Å². The first-order valence-electron chi connectivity index (χ1n) is 7.23. The molecule has 0 fully saturated rings. The third kappa shape index (κ3) is 3.44. The van der Waals surface area contributed by atoms with Crippen molar-refractivity contribution in [1.29, 1.82) is 0 Å². The van der Waals surface area contributed by atoms with Gasteiger partial charge in [-0.05, 0) is 25.0 Å². The molecule has 3 heteroatoms. The van der Waals surface area contributed by atoms with Crippen molar-refractivity contribution in [2.75, 3.05) is 0 Å². The molecule has 3 nitrogen and oxygen atoms in total. The van der Waals surface area contributed by atoms with Crippen LogP contribution in [0.1, 0.15) is 22.8 Å². The second kappa shape index (κ2) is 6.31. The summed E-state index contributed by atoms with van der Waals surface area (Å²) in [5.41, 5.74) is 3.34. The average molecular weight is 287 g/mol. The zero-order valence-corrected chi connectivity index (χ0v) is 12.7. The van der Waals surface area contributed by atoms with Crippen LogP contribution in [-0.2, 0) is 0 Å². The molecule has 0 saturated heterocycles. The fourth-order valence-corrected chi connectivity index (χ4v) is 2.24. The number of hydrogen-bond acceptors (Lipinski definition) is 3. The van der Waals surface area contributed by atoms with Crippen molar-refractivity contribution in [1.82, 2.24) is 15.0 Å². The Bertz CT molecular complexity index is 770. The van der Waals surface area contributed by atoms with Gasteiger partial charge in [-0.25, -0.2) is 15.0 Å². The second-order valence-corrected chi connectivity index (χ2v) is 5.12. The number of hydrogen-bond donors (Lipinski definition) is 0. The topological polar surface area (TPSA) is 38.7 Å². The van der Waals surface area contributed by atoms with E-state index < -0.39 is 0 Å². The first-order valence-corrected chi connectivity index (χ1v) is 7.23. The van der Waals surface area contributed by atoms with Crippen LogP contribution in [-0.4, -0.2) is 15.0 Å². The summed E-state index contributed by atoms with van der Waals surface area (Å²) in [6.45, 7) is 3.77. The molecule has 108 valence electrons. The molecule has 0 aliphatic rings. The van der Waals surface area contributed by atoms with E-state index in [0.717, 1.165) is 28.6 Å². The molecule has 1 heterocycles. The van der Waals surface area contributed by atoms with Gasteiger partial charge in [0.05, 0.1) is 0 Å². The lowest BCUT2D eigenvalue weighted by Crippen LogP contribution is -1.98. The van der Waals surface area contributed by atoms with Gasteiger partial charge >= 0.3 is 0 Å². The van der Waals surface area contributed by atoms with Gasteiger partial charge in [-0.3, -0.25) is 0 Å². The molecule has 0 spiro atoms. The molecule has 0 N–H and O–H groups in total. The van der Waals surface area contributed by atoms with E-state index in [2.05, 4.69) is 51.4 Å². The van der Waals surface area contributed by atoms with Crippen molar-refractivity contribution in [3.8, 4) is 11.4 Å². The van der Waals surface area contributed by atoms with E-state index in [1.807, 2.05) is 44.2 Å². The zero-order valence-electron chi connectivity index (χ0n) is 12.7. The van der Waals surface area contributed by atoms with Gasteiger partial charge in [-0.1, -0.05) is 66.7 Å². The molecule has 0 aliphatic carbocycles. The SMILES string of the molecule is Cc1nc(C)nc(-c2ccc(C=Cc3ccccc3)cc2)n1. The van der Waals surface area contributed by atoms with Crippen molar-refractivity contribution >= 4 is 12.2 Å². The molecule has 3 rings (SSSR count). The first-order chi connectivity index (χ1) is 10.7. The molecule has 0 saturated carbocycles. The summed E-state index contributed by atoms with van der Waals surface area (Å²) in [7, 11) is 0. The number of aromatic nitrogens is 3. The summed E-state index contributed by atoms with van der Waals surface area (Å²) >= 11 is 0. The van der Waals surface area contributed by atoms with E-state index >= 15 is 0 Å². The Kier molecular flexibility index (Phi) is 4.05. The molecule has 0 aliphatic heterocycles. The fraction of sp³-hybridized carbons (Fsp3) is 0.105. The van der Waals surface area contributed by atoms with E-state index in [1.165, 1.54) is 5.56 Å². The van der Waals surface area contributed by atoms with Crippen LogP contribution in [0.2, 0.25) is 0 Å². The highest BCUT2D eigenvalue weighted by Gasteiger charge is 2.03. The van der Waals surface area contributed by atoms with Crippen LogP contribution in [0.4, 0.5) is 0 Å². The van der Waals surface area contributed by atoms with Gasteiger partial charge in [0, 0.05) is 5.56 Å². The quantitative estimate of drug-likeness (QED) is 0.673. The summed E-state index contributed by atoms with van der Waals surface area (Å²) in [6.07, 6.45) is 4.20. The molecular formula is C19H17N3. The average Bonchev–Trinajstić information content (AvgIpc) is 2.53. The maximum absolute atomic E-state index is 4.39. The number of aryl methyl sites for hydroxylation is 2. The normalized spacial score (nSPS) is 11.0. The predicted octanol–water partition coefficient (Wildman–Crippen LogP) is 4.33. The van der Waals surface area contributed by atoms with Crippen molar-refractivity contribution in [3.05, 3.63) is 77.4 Å². The van der Waals surface area contributed by atoms with Crippen molar-refractivity contribution < 1.29 is 0 Å². The Morgan fingerprint density at radius 2 is 1.18 bits per heavy atom. The number of nitrogens with zero attached hydrogens (tertiary/aromatic N) is 3. The van der Waals surface area contributed by atoms with Gasteiger partial charge in [0.1, 0.15) is 11.6 Å². The van der Waals surface area contributed by atoms with Crippen LogP contribution >= 0.6 is 0 Å². The van der Waals surface area contributed by atoms with Crippen LogP contribution < -0.4 is 0 Å². The summed E-state index contributed by atoms with van der Waals surface area (Å²) in [5.74, 6) is 2.22. The number of rotatable bonds is 3. The minimum atomic E-state index is 0.726. The molecule has 0 radical (unpaired) electrons. The highest BCUT2D eigenvalue weighted by molar-refractivity contribution is 5.70. The monoisotopic (exact) mass is 287 g/mol. The lowest BCUT2D eigenvalue weighted by atomic mass is 10.1. The Morgan fingerprint density at radius 3 is 1.77 bits per heavy atom. The first kappa shape index (κ1) is 14.1. The molecule has 3 aromatic rings. The lowest BCUT2D eigenvalue weighted by Gasteiger charge is -2.03. The summed E-state index contributed by atoms with van der Waals surface area (Å²) in [6, 6.07) is 18.5. The van der Waals surface area contributed by atoms with Gasteiger partial charge in [0.15, 0.2) is 5.82 Å². The molecule has 0 amide bonds. The second-order valence-electron chi connectivity index (χ2n) is 5.12. The molecule has 2 aromatic carbocycles. The molecule has 1 aromatic heterocycles. The Morgan fingerprint density at radius 1 is 0.636 bits per heavy atom. The van der Waals surface area contributed by atoms with Crippen LogP contribution in [0.5, 0.6) is 0 Å². The van der Waals surface area contributed by atoms with Crippen LogP contribution in [0.3, 0.4) is 0 Å². The lowest BCUT2D eigenvalue weighted by molar-refractivity contribution is 0.928. The van der Waals surface area contributed by atoms with Crippen LogP contribution in [0, 0.1) is 13.8 Å². The van der Waals surface area contributed by atoms with Crippen molar-refractivity contribution in [2.45, 2.75) is 13.8 Å². The summed E-state index contributed by atoms with van der Waals surface area (Å²) in [4.78, 5) is 13.0. The van der Waals surface area contributed by atoms with Gasteiger partial charge in [-0.15, -0.1) is 0 Å². The van der Waals surface area contributed by atoms with E-state index in [-0.39, 0.29) is 0 Å². The van der Waals surface area contributed by atoms with Crippen LogP contribution in [0.25, 0.3) is 23.5 Å². The molecule has 0 bridgehead atoms. The van der Waals surface area contributed by atoms with Gasteiger partial charge in [0.2, 0.25) is 0 Å². The minimum absolute atomic E-state index is 0.726. The van der Waals surface area contributed by atoms with E-state index in [4.69, 9.17) is 0 Å². The maximum atomic E-state index is 4.39. The summed E-state index contributed by atoms with van der Waals surface area (Å²) in [5, 5.41) is 0. The third-order valence-corrected chi connectivity index (χ3v) is 3.30. The predicted molar refractivity (Wildman–Crippen MR) is 90.1 cm³/mol.